The van der Waals surface area contributed by atoms with Gasteiger partial charge in [0, 0.05) is 18.2 Å². The minimum absolute atomic E-state index is 0.410. The van der Waals surface area contributed by atoms with Gasteiger partial charge in [-0.1, -0.05) is 23.3 Å². The third-order valence-corrected chi connectivity index (χ3v) is 4.46. The number of aryl methyl sites for hydroxylation is 1. The Morgan fingerprint density at radius 2 is 2.00 bits per heavy atom. The molecule has 21 heavy (non-hydrogen) atoms. The van der Waals surface area contributed by atoms with Crippen LogP contribution >= 0.6 is 0 Å². The third kappa shape index (κ3) is 2.42. The van der Waals surface area contributed by atoms with Crippen LogP contribution in [0.5, 0.6) is 0 Å². The molecule has 4 rings (SSSR count). The molecule has 1 aromatic heterocycles. The molecule has 1 saturated heterocycles. The van der Waals surface area contributed by atoms with Crippen molar-refractivity contribution in [1.82, 2.24) is 15.5 Å². The Balaban J connectivity index is 1.61. The highest BCUT2D eigenvalue weighted by Gasteiger charge is 2.25. The van der Waals surface area contributed by atoms with Crippen LogP contribution in [-0.4, -0.2) is 29.8 Å². The van der Waals surface area contributed by atoms with Crippen LogP contribution in [-0.2, 0) is 6.42 Å². The number of nitrogens with zero attached hydrogens (tertiary/aromatic N) is 3. The standard InChI is InChI=1S/C16H20N4O/c1-2-6-14-12(4-1)5-3-11-20(14)16-19-18-15(21-16)13-7-9-17-10-8-13/h1-2,4,6,13,17H,3,5,7-11H2. The van der Waals surface area contributed by atoms with Crippen LogP contribution in [0.2, 0.25) is 0 Å². The number of hydrogen-bond acceptors (Lipinski definition) is 5. The van der Waals surface area contributed by atoms with E-state index in [4.69, 9.17) is 4.42 Å². The van der Waals surface area contributed by atoms with E-state index in [9.17, 15) is 0 Å². The second-order valence-corrected chi connectivity index (χ2v) is 5.83. The van der Waals surface area contributed by atoms with Crippen molar-refractivity contribution >= 4 is 11.7 Å². The summed E-state index contributed by atoms with van der Waals surface area (Å²) in [6.45, 7) is 3.02. The van der Waals surface area contributed by atoms with Crippen molar-refractivity contribution in [2.24, 2.45) is 0 Å². The maximum absolute atomic E-state index is 6.00. The van der Waals surface area contributed by atoms with E-state index in [0.717, 1.165) is 51.2 Å². The van der Waals surface area contributed by atoms with Crippen molar-refractivity contribution in [2.45, 2.75) is 31.6 Å². The van der Waals surface area contributed by atoms with Crippen LogP contribution in [0.4, 0.5) is 11.7 Å². The van der Waals surface area contributed by atoms with Gasteiger partial charge in [-0.3, -0.25) is 4.90 Å². The van der Waals surface area contributed by atoms with Gasteiger partial charge in [-0.05, 0) is 50.4 Å². The van der Waals surface area contributed by atoms with Gasteiger partial charge in [0.15, 0.2) is 0 Å². The maximum atomic E-state index is 6.00. The second-order valence-electron chi connectivity index (χ2n) is 5.83. The average molecular weight is 284 g/mol. The summed E-state index contributed by atoms with van der Waals surface area (Å²) in [5.41, 5.74) is 2.58. The summed E-state index contributed by atoms with van der Waals surface area (Å²) in [6.07, 6.45) is 4.42. The normalized spacial score (nSPS) is 19.5. The molecular formula is C16H20N4O. The summed E-state index contributed by atoms with van der Waals surface area (Å²) < 4.78 is 6.00. The van der Waals surface area contributed by atoms with Gasteiger partial charge >= 0.3 is 6.01 Å². The highest BCUT2D eigenvalue weighted by Crippen LogP contribution is 2.34. The zero-order chi connectivity index (χ0) is 14.1. The Morgan fingerprint density at radius 1 is 1.14 bits per heavy atom. The Labute approximate surface area is 124 Å². The van der Waals surface area contributed by atoms with Gasteiger partial charge in [0.2, 0.25) is 5.89 Å². The molecule has 1 N–H and O–H groups in total. The Hall–Kier alpha value is -1.88. The molecule has 0 aliphatic carbocycles. The van der Waals surface area contributed by atoms with E-state index in [2.05, 4.69) is 44.7 Å². The monoisotopic (exact) mass is 284 g/mol. The van der Waals surface area contributed by atoms with Crippen LogP contribution in [0.25, 0.3) is 0 Å². The first kappa shape index (κ1) is 12.8. The maximum Gasteiger partial charge on any atom is 0.322 e. The van der Waals surface area contributed by atoms with Gasteiger partial charge in [-0.15, -0.1) is 5.10 Å². The molecule has 2 aliphatic rings. The lowest BCUT2D eigenvalue weighted by atomic mass is 9.98. The van der Waals surface area contributed by atoms with Gasteiger partial charge in [0.1, 0.15) is 0 Å². The zero-order valence-electron chi connectivity index (χ0n) is 12.1. The summed E-state index contributed by atoms with van der Waals surface area (Å²) in [5, 5.41) is 12.0. The Bertz CT molecular complexity index is 618. The summed E-state index contributed by atoms with van der Waals surface area (Å²) in [6, 6.07) is 9.14. The lowest BCUT2D eigenvalue weighted by Gasteiger charge is -2.27. The highest BCUT2D eigenvalue weighted by molar-refractivity contribution is 5.62. The number of fused-ring (bicyclic) bond motifs is 1. The van der Waals surface area contributed by atoms with Crippen molar-refractivity contribution in [2.75, 3.05) is 24.5 Å². The van der Waals surface area contributed by atoms with Gasteiger partial charge in [0.05, 0.1) is 0 Å². The van der Waals surface area contributed by atoms with Crippen LogP contribution < -0.4 is 10.2 Å². The average Bonchev–Trinajstić information content (AvgIpc) is 3.05. The molecule has 3 heterocycles. The number of nitrogens with one attached hydrogen (secondary N) is 1. The molecule has 0 amide bonds. The van der Waals surface area contributed by atoms with Gasteiger partial charge in [0.25, 0.3) is 0 Å². The van der Waals surface area contributed by atoms with E-state index in [0.29, 0.717) is 11.9 Å². The smallest absolute Gasteiger partial charge is 0.322 e. The van der Waals surface area contributed by atoms with E-state index in [1.165, 1.54) is 11.3 Å². The van der Waals surface area contributed by atoms with Crippen LogP contribution in [0.3, 0.4) is 0 Å². The predicted molar refractivity (Wildman–Crippen MR) is 80.9 cm³/mol. The molecule has 1 aromatic carbocycles. The molecule has 5 nitrogen and oxygen atoms in total. The largest absolute Gasteiger partial charge is 0.407 e. The van der Waals surface area contributed by atoms with Crippen molar-refractivity contribution in [3.05, 3.63) is 35.7 Å². The van der Waals surface area contributed by atoms with Crippen molar-refractivity contribution < 1.29 is 4.42 Å². The molecule has 2 aliphatic heterocycles. The minimum atomic E-state index is 0.410. The molecule has 0 atom stereocenters. The second kappa shape index (κ2) is 5.48. The van der Waals surface area contributed by atoms with E-state index in [1.54, 1.807) is 0 Å². The Morgan fingerprint density at radius 3 is 2.90 bits per heavy atom. The lowest BCUT2D eigenvalue weighted by Crippen LogP contribution is -2.26. The first-order valence-electron chi connectivity index (χ1n) is 7.81. The number of hydrogen-bond donors (Lipinski definition) is 1. The highest BCUT2D eigenvalue weighted by atomic mass is 16.4. The molecular weight excluding hydrogens is 264 g/mol. The lowest BCUT2D eigenvalue weighted by molar-refractivity contribution is 0.375. The van der Waals surface area contributed by atoms with Crippen molar-refractivity contribution in [3.8, 4) is 0 Å². The van der Waals surface area contributed by atoms with Crippen molar-refractivity contribution in [3.63, 3.8) is 0 Å². The van der Waals surface area contributed by atoms with E-state index < -0.39 is 0 Å². The van der Waals surface area contributed by atoms with Crippen molar-refractivity contribution in [1.29, 1.82) is 0 Å². The van der Waals surface area contributed by atoms with Crippen LogP contribution in [0, 0.1) is 0 Å². The summed E-state index contributed by atoms with van der Waals surface area (Å²) in [7, 11) is 0. The molecule has 0 radical (unpaired) electrons. The van der Waals surface area contributed by atoms with E-state index in [1.807, 2.05) is 0 Å². The number of anilines is 2. The molecule has 5 heteroatoms. The number of piperidine rings is 1. The molecule has 110 valence electrons. The number of para-hydroxylation sites is 1. The van der Waals surface area contributed by atoms with E-state index in [-0.39, 0.29) is 0 Å². The van der Waals surface area contributed by atoms with Gasteiger partial charge < -0.3 is 9.73 Å². The van der Waals surface area contributed by atoms with Crippen LogP contribution in [0.15, 0.2) is 28.7 Å². The number of rotatable bonds is 2. The Kier molecular flexibility index (Phi) is 3.35. The molecule has 0 spiro atoms. The first-order valence-corrected chi connectivity index (χ1v) is 7.81. The van der Waals surface area contributed by atoms with Gasteiger partial charge in [-0.2, -0.15) is 0 Å². The topological polar surface area (TPSA) is 54.2 Å². The van der Waals surface area contributed by atoms with E-state index >= 15 is 0 Å². The minimum Gasteiger partial charge on any atom is -0.407 e. The molecule has 1 fully saturated rings. The summed E-state index contributed by atoms with van der Waals surface area (Å²) >= 11 is 0. The van der Waals surface area contributed by atoms with Gasteiger partial charge in [-0.25, -0.2) is 0 Å². The summed E-state index contributed by atoms with van der Waals surface area (Å²) in [5.74, 6) is 1.21. The molecule has 0 unspecified atom stereocenters. The molecule has 0 saturated carbocycles. The van der Waals surface area contributed by atoms with Crippen LogP contribution in [0.1, 0.15) is 36.6 Å². The fraction of sp³-hybridized carbons (Fsp3) is 0.500. The fourth-order valence-electron chi connectivity index (χ4n) is 3.30. The number of benzene rings is 1. The fourth-order valence-corrected chi connectivity index (χ4v) is 3.30. The zero-order valence-corrected chi connectivity index (χ0v) is 12.1. The predicted octanol–water partition coefficient (Wildman–Crippen LogP) is 2.62. The first-order chi connectivity index (χ1) is 10.4. The third-order valence-electron chi connectivity index (χ3n) is 4.46. The molecule has 2 aromatic rings. The quantitative estimate of drug-likeness (QED) is 0.918. The summed E-state index contributed by atoms with van der Waals surface area (Å²) in [4.78, 5) is 2.16. The molecule has 0 bridgehead atoms. The number of aromatic nitrogens is 2. The SMILES string of the molecule is c1ccc2c(c1)CCCN2c1nnc(C2CCNCC2)o1.